The Balaban J connectivity index is 1.81. The van der Waals surface area contributed by atoms with Crippen LogP contribution in [0.4, 0.5) is 0 Å². The molecule has 2 aliphatic rings. The van der Waals surface area contributed by atoms with E-state index < -0.39 is 0 Å². The maximum Gasteiger partial charge on any atom is 0.0997 e. The molecule has 0 bridgehead atoms. The van der Waals surface area contributed by atoms with Crippen LogP contribution in [0, 0.1) is 13.8 Å². The lowest BCUT2D eigenvalue weighted by atomic mass is 9.85. The zero-order valence-corrected chi connectivity index (χ0v) is 16.7. The molecule has 1 aliphatic heterocycles. The average molecular weight is 367 g/mol. The molecule has 0 fully saturated rings. The van der Waals surface area contributed by atoms with Crippen molar-refractivity contribution in [2.45, 2.75) is 19.9 Å². The van der Waals surface area contributed by atoms with Gasteiger partial charge in [-0.2, -0.15) is 0 Å². The van der Waals surface area contributed by atoms with Gasteiger partial charge >= 0.3 is 0 Å². The number of rotatable bonds is 3. The van der Waals surface area contributed by atoms with Gasteiger partial charge in [0.1, 0.15) is 0 Å². The Hall–Kier alpha value is -3.26. The van der Waals surface area contributed by atoms with E-state index in [1.165, 1.54) is 27.8 Å². The Morgan fingerprint density at radius 3 is 2.54 bits per heavy atom. The molecule has 1 heterocycles. The van der Waals surface area contributed by atoms with Gasteiger partial charge < -0.3 is 10.6 Å². The quantitative estimate of drug-likeness (QED) is 0.775. The fraction of sp³-hybridized carbons (Fsp3) is 0.154. The molecule has 0 saturated carbocycles. The average Bonchev–Trinajstić information content (AvgIpc) is 2.71. The van der Waals surface area contributed by atoms with Crippen LogP contribution in [-0.4, -0.2) is 18.0 Å². The van der Waals surface area contributed by atoms with Crippen molar-refractivity contribution in [1.82, 2.24) is 4.90 Å². The summed E-state index contributed by atoms with van der Waals surface area (Å²) in [4.78, 5) is 2.10. The van der Waals surface area contributed by atoms with Gasteiger partial charge in [-0.05, 0) is 70.5 Å². The molecule has 2 aromatic carbocycles. The monoisotopic (exact) mass is 366 g/mol. The third-order valence-electron chi connectivity index (χ3n) is 5.77. The molecule has 2 N–H and O–H groups in total. The molecule has 0 radical (unpaired) electrons. The molecular weight excluding hydrogens is 340 g/mol. The maximum absolute atomic E-state index is 6.31. The minimum absolute atomic E-state index is 0.156. The fourth-order valence-corrected chi connectivity index (χ4v) is 4.00. The summed E-state index contributed by atoms with van der Waals surface area (Å²) in [6, 6.07) is 15.3. The molecule has 28 heavy (non-hydrogen) atoms. The van der Waals surface area contributed by atoms with Gasteiger partial charge in [-0.3, -0.25) is 0 Å². The third kappa shape index (κ3) is 3.01. The van der Waals surface area contributed by atoms with Gasteiger partial charge in [0.2, 0.25) is 0 Å². The third-order valence-corrected chi connectivity index (χ3v) is 5.77. The molecular formula is C26H26N2. The van der Waals surface area contributed by atoms with Crippen molar-refractivity contribution in [3.05, 3.63) is 113 Å². The maximum atomic E-state index is 6.31. The lowest BCUT2D eigenvalue weighted by Crippen LogP contribution is -2.38. The first-order valence-corrected chi connectivity index (χ1v) is 9.62. The molecule has 140 valence electrons. The van der Waals surface area contributed by atoms with Crippen LogP contribution in [0.25, 0.3) is 16.7 Å². The second kappa shape index (κ2) is 7.05. The number of likely N-dealkylation sites (N-methyl/N-ethyl adjacent to an activating group) is 1. The highest BCUT2D eigenvalue weighted by molar-refractivity contribution is 5.86. The van der Waals surface area contributed by atoms with Gasteiger partial charge in [0.15, 0.2) is 0 Å². The highest BCUT2D eigenvalue weighted by Crippen LogP contribution is 2.37. The number of hydrogen-bond donors (Lipinski definition) is 1. The summed E-state index contributed by atoms with van der Waals surface area (Å²) in [5.41, 5.74) is 15.9. The summed E-state index contributed by atoms with van der Waals surface area (Å²) in [5.74, 6) is 0.760. The molecule has 2 heteroatoms. The van der Waals surface area contributed by atoms with Crippen molar-refractivity contribution in [2.24, 2.45) is 5.73 Å². The molecule has 0 spiro atoms. The molecule has 2 aromatic rings. The Kier molecular flexibility index (Phi) is 4.56. The smallest absolute Gasteiger partial charge is 0.0997 e. The van der Waals surface area contributed by atoms with E-state index in [0.29, 0.717) is 0 Å². The van der Waals surface area contributed by atoms with Gasteiger partial charge in [0.05, 0.1) is 11.9 Å². The summed E-state index contributed by atoms with van der Waals surface area (Å²) >= 11 is 0. The standard InChI is InChI=1S/C26H26N2/c1-17-9-5-6-10-21(17)23-15-20(14-13-18(23)2)19(3)24-16-26(27)28(4)25-12-8-7-11-22(24)25/h5-16,25H,3,27H2,1-2,4H3. The van der Waals surface area contributed by atoms with E-state index in [1.54, 1.807) is 0 Å². The number of nitrogens with zero attached hydrogens (tertiary/aromatic N) is 1. The van der Waals surface area contributed by atoms with Crippen LogP contribution in [0.5, 0.6) is 0 Å². The van der Waals surface area contributed by atoms with E-state index in [-0.39, 0.29) is 6.04 Å². The number of benzene rings is 2. The van der Waals surface area contributed by atoms with E-state index in [0.717, 1.165) is 22.5 Å². The number of fused-ring (bicyclic) bond motifs is 1. The van der Waals surface area contributed by atoms with Crippen LogP contribution in [-0.2, 0) is 0 Å². The summed E-state index contributed by atoms with van der Waals surface area (Å²) in [6.45, 7) is 8.77. The minimum Gasteiger partial charge on any atom is -0.385 e. The van der Waals surface area contributed by atoms with Gasteiger partial charge in [0, 0.05) is 7.05 Å². The predicted molar refractivity (Wildman–Crippen MR) is 120 cm³/mol. The van der Waals surface area contributed by atoms with Crippen LogP contribution < -0.4 is 5.73 Å². The summed E-state index contributed by atoms with van der Waals surface area (Å²) < 4.78 is 0. The normalized spacial score (nSPS) is 18.2. The number of nitrogens with two attached hydrogens (primary N) is 1. The second-order valence-electron chi connectivity index (χ2n) is 7.56. The molecule has 4 rings (SSSR count). The number of allylic oxidation sites excluding steroid dienone is 5. The van der Waals surface area contributed by atoms with Crippen molar-refractivity contribution in [1.29, 1.82) is 0 Å². The zero-order valence-electron chi connectivity index (χ0n) is 16.7. The van der Waals surface area contributed by atoms with Crippen LogP contribution >= 0.6 is 0 Å². The van der Waals surface area contributed by atoms with E-state index in [9.17, 15) is 0 Å². The molecule has 1 unspecified atom stereocenters. The van der Waals surface area contributed by atoms with E-state index in [1.807, 2.05) is 13.1 Å². The summed E-state index contributed by atoms with van der Waals surface area (Å²) in [5, 5.41) is 0. The molecule has 2 nitrogen and oxygen atoms in total. The molecule has 1 aliphatic carbocycles. The van der Waals surface area contributed by atoms with Crippen LogP contribution in [0.3, 0.4) is 0 Å². The van der Waals surface area contributed by atoms with Crippen molar-refractivity contribution < 1.29 is 0 Å². The summed E-state index contributed by atoms with van der Waals surface area (Å²) in [7, 11) is 2.03. The first kappa shape index (κ1) is 18.1. The second-order valence-corrected chi connectivity index (χ2v) is 7.56. The van der Waals surface area contributed by atoms with E-state index in [2.05, 4.69) is 92.1 Å². The Bertz CT molecular complexity index is 1080. The fourth-order valence-electron chi connectivity index (χ4n) is 4.00. The van der Waals surface area contributed by atoms with Crippen molar-refractivity contribution in [2.75, 3.05) is 7.05 Å². The van der Waals surface area contributed by atoms with Crippen LogP contribution in [0.2, 0.25) is 0 Å². The predicted octanol–water partition coefficient (Wildman–Crippen LogP) is 5.52. The van der Waals surface area contributed by atoms with Gasteiger partial charge in [-0.15, -0.1) is 0 Å². The highest BCUT2D eigenvalue weighted by atomic mass is 15.2. The lowest BCUT2D eigenvalue weighted by Gasteiger charge is -2.35. The Morgan fingerprint density at radius 1 is 1.00 bits per heavy atom. The molecule has 0 aromatic heterocycles. The van der Waals surface area contributed by atoms with Crippen molar-refractivity contribution >= 4 is 5.57 Å². The van der Waals surface area contributed by atoms with Crippen LogP contribution in [0.1, 0.15) is 16.7 Å². The largest absolute Gasteiger partial charge is 0.385 e. The first-order chi connectivity index (χ1) is 13.5. The molecule has 0 amide bonds. The number of aryl methyl sites for hydroxylation is 2. The zero-order chi connectivity index (χ0) is 19.8. The van der Waals surface area contributed by atoms with Gasteiger partial charge in [-0.1, -0.05) is 67.3 Å². The summed E-state index contributed by atoms with van der Waals surface area (Å²) in [6.07, 6.45) is 10.5. The topological polar surface area (TPSA) is 29.3 Å². The van der Waals surface area contributed by atoms with E-state index >= 15 is 0 Å². The molecule has 1 atom stereocenters. The van der Waals surface area contributed by atoms with Gasteiger partial charge in [-0.25, -0.2) is 0 Å². The minimum atomic E-state index is 0.156. The van der Waals surface area contributed by atoms with E-state index in [4.69, 9.17) is 5.73 Å². The van der Waals surface area contributed by atoms with Crippen LogP contribution in [0.15, 0.2) is 96.4 Å². The lowest BCUT2D eigenvalue weighted by molar-refractivity contribution is 0.379. The van der Waals surface area contributed by atoms with Crippen molar-refractivity contribution in [3.63, 3.8) is 0 Å². The van der Waals surface area contributed by atoms with Gasteiger partial charge in [0.25, 0.3) is 0 Å². The Labute approximate surface area is 167 Å². The Morgan fingerprint density at radius 2 is 1.75 bits per heavy atom. The SMILES string of the molecule is C=C(C1=C2C=CC=CC2N(C)C(N)=C1)c1ccc(C)c(-c2ccccc2C)c1. The first-order valence-electron chi connectivity index (χ1n) is 9.62. The van der Waals surface area contributed by atoms with Crippen molar-refractivity contribution in [3.8, 4) is 11.1 Å². The highest BCUT2D eigenvalue weighted by Gasteiger charge is 2.26. The number of hydrogen-bond acceptors (Lipinski definition) is 2. The molecule has 0 saturated heterocycles.